The number of benzene rings is 3. The summed E-state index contributed by atoms with van der Waals surface area (Å²) in [7, 11) is -3.76. The molecule has 1 N–H and O–H groups in total. The van der Waals surface area contributed by atoms with Gasteiger partial charge in [-0.1, -0.05) is 18.2 Å². The van der Waals surface area contributed by atoms with Crippen LogP contribution in [0.2, 0.25) is 0 Å². The highest BCUT2D eigenvalue weighted by atomic mass is 32.2. The third-order valence-electron chi connectivity index (χ3n) is 4.02. The number of carbonyl (C=O) groups is 1. The van der Waals surface area contributed by atoms with Crippen LogP contribution >= 0.6 is 0 Å². The fourth-order valence-electron chi connectivity index (χ4n) is 2.53. The first-order chi connectivity index (χ1) is 13.4. The van der Waals surface area contributed by atoms with E-state index in [1.165, 1.54) is 36.4 Å². The topological polar surface area (TPSA) is 72.5 Å². The van der Waals surface area contributed by atoms with Gasteiger partial charge in [-0.05, 0) is 67.1 Å². The largest absolute Gasteiger partial charge is 0.483 e. The van der Waals surface area contributed by atoms with E-state index < -0.39 is 15.7 Å². The second-order valence-electron chi connectivity index (χ2n) is 6.08. The molecule has 0 heterocycles. The van der Waals surface area contributed by atoms with Crippen LogP contribution in [0.15, 0.2) is 82.6 Å². The molecule has 0 unspecified atom stereocenters. The van der Waals surface area contributed by atoms with Crippen molar-refractivity contribution in [1.29, 1.82) is 0 Å². The van der Waals surface area contributed by atoms with E-state index in [0.29, 0.717) is 11.4 Å². The molecule has 0 saturated heterocycles. The summed E-state index contributed by atoms with van der Waals surface area (Å²) < 4.78 is 43.6. The minimum absolute atomic E-state index is 0.00248. The van der Waals surface area contributed by atoms with Crippen molar-refractivity contribution in [3.8, 4) is 5.75 Å². The Morgan fingerprint density at radius 2 is 1.50 bits per heavy atom. The minimum Gasteiger partial charge on any atom is -0.483 e. The molecule has 1 amide bonds. The van der Waals surface area contributed by atoms with Crippen LogP contribution in [0.4, 0.5) is 10.1 Å². The summed E-state index contributed by atoms with van der Waals surface area (Å²) in [5, 5.41) is 2.65. The number of hydrogen-bond donors (Lipinski definition) is 1. The van der Waals surface area contributed by atoms with Crippen LogP contribution in [0.1, 0.15) is 5.56 Å². The lowest BCUT2D eigenvalue weighted by atomic mass is 10.2. The van der Waals surface area contributed by atoms with Crippen molar-refractivity contribution in [3.05, 3.63) is 84.2 Å². The molecule has 5 nitrogen and oxygen atoms in total. The molecule has 0 saturated carbocycles. The number of sulfone groups is 1. The Balaban J connectivity index is 1.65. The third kappa shape index (κ3) is 4.55. The molecule has 7 heteroatoms. The number of rotatable bonds is 6. The second kappa shape index (κ2) is 8.22. The molecule has 3 aromatic carbocycles. The summed E-state index contributed by atoms with van der Waals surface area (Å²) in [6, 6.07) is 17.7. The first-order valence-corrected chi connectivity index (χ1v) is 9.93. The Morgan fingerprint density at radius 3 is 2.11 bits per heavy atom. The molecular weight excluding hydrogens is 381 g/mol. The van der Waals surface area contributed by atoms with E-state index in [-0.39, 0.29) is 22.3 Å². The molecule has 0 atom stereocenters. The van der Waals surface area contributed by atoms with Crippen molar-refractivity contribution in [3.63, 3.8) is 0 Å². The number of para-hydroxylation sites is 1. The lowest BCUT2D eigenvalue weighted by molar-refractivity contribution is -0.118. The van der Waals surface area contributed by atoms with E-state index in [9.17, 15) is 17.6 Å². The van der Waals surface area contributed by atoms with Crippen molar-refractivity contribution in [2.45, 2.75) is 16.7 Å². The van der Waals surface area contributed by atoms with Crippen LogP contribution in [-0.4, -0.2) is 20.9 Å². The Bertz CT molecular complexity index is 1080. The number of aryl methyl sites for hydroxylation is 1. The van der Waals surface area contributed by atoms with Gasteiger partial charge in [-0.15, -0.1) is 0 Å². The van der Waals surface area contributed by atoms with Gasteiger partial charge in [0.1, 0.15) is 11.6 Å². The highest BCUT2D eigenvalue weighted by Gasteiger charge is 2.17. The number of ether oxygens (including phenoxy) is 1. The van der Waals surface area contributed by atoms with Crippen molar-refractivity contribution in [2.75, 3.05) is 11.9 Å². The molecule has 144 valence electrons. The highest BCUT2D eigenvalue weighted by Crippen LogP contribution is 2.22. The molecule has 0 spiro atoms. The Labute approximate surface area is 162 Å². The SMILES string of the molecule is Cc1ccccc1OCC(=O)Nc1ccc(S(=O)(=O)c2ccc(F)cc2)cc1. The number of hydrogen-bond acceptors (Lipinski definition) is 4. The average Bonchev–Trinajstić information content (AvgIpc) is 2.68. The molecule has 3 aromatic rings. The van der Waals surface area contributed by atoms with Gasteiger partial charge in [0.25, 0.3) is 5.91 Å². The number of anilines is 1. The molecule has 0 aliphatic rings. The van der Waals surface area contributed by atoms with Crippen LogP contribution in [0.25, 0.3) is 0 Å². The number of carbonyl (C=O) groups excluding carboxylic acids is 1. The Morgan fingerprint density at radius 1 is 0.929 bits per heavy atom. The van der Waals surface area contributed by atoms with E-state index in [1.54, 1.807) is 6.07 Å². The summed E-state index contributed by atoms with van der Waals surface area (Å²) >= 11 is 0. The Kier molecular flexibility index (Phi) is 5.75. The van der Waals surface area contributed by atoms with Gasteiger partial charge in [-0.3, -0.25) is 4.79 Å². The van der Waals surface area contributed by atoms with E-state index >= 15 is 0 Å². The predicted octanol–water partition coefficient (Wildman–Crippen LogP) is 3.98. The lowest BCUT2D eigenvalue weighted by Gasteiger charge is -2.10. The van der Waals surface area contributed by atoms with E-state index in [4.69, 9.17) is 4.74 Å². The molecule has 0 radical (unpaired) electrons. The zero-order valence-electron chi connectivity index (χ0n) is 15.1. The zero-order chi connectivity index (χ0) is 20.1. The molecule has 0 fully saturated rings. The monoisotopic (exact) mass is 399 g/mol. The van der Waals surface area contributed by atoms with Crippen LogP contribution in [-0.2, 0) is 14.6 Å². The van der Waals surface area contributed by atoms with Crippen molar-refractivity contribution in [1.82, 2.24) is 0 Å². The molecule has 0 bridgehead atoms. The van der Waals surface area contributed by atoms with Gasteiger partial charge in [0, 0.05) is 5.69 Å². The van der Waals surface area contributed by atoms with Gasteiger partial charge >= 0.3 is 0 Å². The smallest absolute Gasteiger partial charge is 0.262 e. The van der Waals surface area contributed by atoms with Gasteiger partial charge in [0.2, 0.25) is 9.84 Å². The van der Waals surface area contributed by atoms with Crippen LogP contribution in [0, 0.1) is 12.7 Å². The summed E-state index contributed by atoms with van der Waals surface area (Å²) in [6.07, 6.45) is 0. The second-order valence-corrected chi connectivity index (χ2v) is 8.03. The van der Waals surface area contributed by atoms with Crippen LogP contribution in [0.3, 0.4) is 0 Å². The quantitative estimate of drug-likeness (QED) is 0.637. The first-order valence-electron chi connectivity index (χ1n) is 8.45. The lowest BCUT2D eigenvalue weighted by Crippen LogP contribution is -2.20. The molecule has 0 aromatic heterocycles. The van der Waals surface area contributed by atoms with Crippen LogP contribution < -0.4 is 10.1 Å². The molecular formula is C21H18FNO4S. The molecule has 3 rings (SSSR count). The number of nitrogens with one attached hydrogen (secondary N) is 1. The van der Waals surface area contributed by atoms with Crippen molar-refractivity contribution in [2.24, 2.45) is 0 Å². The van der Waals surface area contributed by atoms with E-state index in [0.717, 1.165) is 17.7 Å². The van der Waals surface area contributed by atoms with Gasteiger partial charge in [-0.25, -0.2) is 12.8 Å². The summed E-state index contributed by atoms with van der Waals surface area (Å²) in [4.78, 5) is 12.1. The van der Waals surface area contributed by atoms with Crippen LogP contribution in [0.5, 0.6) is 5.75 Å². The standard InChI is InChI=1S/C21H18FNO4S/c1-15-4-2-3-5-20(15)27-14-21(24)23-17-8-12-19(13-9-17)28(25,26)18-10-6-16(22)7-11-18/h2-13H,14H2,1H3,(H,23,24). The number of amides is 1. The summed E-state index contributed by atoms with van der Waals surface area (Å²) in [5.74, 6) is -0.249. The van der Waals surface area contributed by atoms with Gasteiger partial charge < -0.3 is 10.1 Å². The van der Waals surface area contributed by atoms with E-state index in [1.807, 2.05) is 25.1 Å². The first kappa shape index (κ1) is 19.6. The maximum Gasteiger partial charge on any atom is 0.262 e. The maximum atomic E-state index is 13.0. The summed E-state index contributed by atoms with van der Waals surface area (Å²) in [6.45, 7) is 1.72. The van der Waals surface area contributed by atoms with Crippen molar-refractivity contribution >= 4 is 21.4 Å². The fourth-order valence-corrected chi connectivity index (χ4v) is 3.79. The molecule has 28 heavy (non-hydrogen) atoms. The van der Waals surface area contributed by atoms with Crippen molar-refractivity contribution < 1.29 is 22.3 Å². The molecule has 0 aliphatic heterocycles. The van der Waals surface area contributed by atoms with Gasteiger partial charge in [-0.2, -0.15) is 0 Å². The average molecular weight is 399 g/mol. The highest BCUT2D eigenvalue weighted by molar-refractivity contribution is 7.91. The summed E-state index contributed by atoms with van der Waals surface area (Å²) in [5.41, 5.74) is 1.36. The maximum absolute atomic E-state index is 13.0. The van der Waals surface area contributed by atoms with Gasteiger partial charge in [0.05, 0.1) is 9.79 Å². The van der Waals surface area contributed by atoms with E-state index in [2.05, 4.69) is 5.32 Å². The minimum atomic E-state index is -3.76. The normalized spacial score (nSPS) is 11.1. The zero-order valence-corrected chi connectivity index (χ0v) is 15.9. The third-order valence-corrected chi connectivity index (χ3v) is 5.81. The number of halogens is 1. The Hall–Kier alpha value is -3.19. The van der Waals surface area contributed by atoms with Gasteiger partial charge in [0.15, 0.2) is 6.61 Å². The predicted molar refractivity (Wildman–Crippen MR) is 104 cm³/mol. The fraction of sp³-hybridized carbons (Fsp3) is 0.0952. The molecule has 0 aliphatic carbocycles.